The quantitative estimate of drug-likeness (QED) is 0.664. The normalized spacial score (nSPS) is 10.7. The minimum Gasteiger partial charge on any atom is -0.493 e. The van der Waals surface area contributed by atoms with Gasteiger partial charge in [-0.15, -0.1) is 0 Å². The van der Waals surface area contributed by atoms with Crippen LogP contribution in [0.25, 0.3) is 0 Å². The van der Waals surface area contributed by atoms with Crippen molar-refractivity contribution in [2.24, 2.45) is 5.92 Å². The number of hydrogen-bond acceptors (Lipinski definition) is 3. The number of ketones is 1. The van der Waals surface area contributed by atoms with Crippen molar-refractivity contribution in [2.45, 2.75) is 27.2 Å². The molecule has 0 N–H and O–H groups in total. The van der Waals surface area contributed by atoms with Crippen LogP contribution in [0, 0.1) is 5.92 Å². The molecule has 100 valence electrons. The van der Waals surface area contributed by atoms with Crippen LogP contribution in [0.1, 0.15) is 37.6 Å². The standard InChI is InChI=1S/C15H22O2S/c1-4-9-17-15-8-6-5-7-13(15)14(16)11-18-10-12(2)3/h5-8,12H,4,9-11H2,1-3H3. The van der Waals surface area contributed by atoms with Gasteiger partial charge < -0.3 is 4.74 Å². The highest BCUT2D eigenvalue weighted by molar-refractivity contribution is 7.99. The molecule has 0 amide bonds. The summed E-state index contributed by atoms with van der Waals surface area (Å²) in [6, 6.07) is 7.52. The van der Waals surface area contributed by atoms with Crippen molar-refractivity contribution in [1.29, 1.82) is 0 Å². The Morgan fingerprint density at radius 1 is 1.33 bits per heavy atom. The molecule has 3 heteroatoms. The van der Waals surface area contributed by atoms with Gasteiger partial charge in [-0.25, -0.2) is 0 Å². The third kappa shape index (κ3) is 5.13. The van der Waals surface area contributed by atoms with Crippen LogP contribution in [0.3, 0.4) is 0 Å². The first-order valence-electron chi connectivity index (χ1n) is 6.48. The van der Waals surface area contributed by atoms with Gasteiger partial charge in [-0.3, -0.25) is 4.79 Å². The van der Waals surface area contributed by atoms with E-state index < -0.39 is 0 Å². The minimum absolute atomic E-state index is 0.160. The SMILES string of the molecule is CCCOc1ccccc1C(=O)CSCC(C)C. The lowest BCUT2D eigenvalue weighted by Gasteiger charge is -2.10. The van der Waals surface area contributed by atoms with Gasteiger partial charge in [-0.1, -0.05) is 32.9 Å². The van der Waals surface area contributed by atoms with E-state index in [0.29, 0.717) is 23.8 Å². The molecule has 18 heavy (non-hydrogen) atoms. The first kappa shape index (κ1) is 15.1. The second-order valence-electron chi connectivity index (χ2n) is 4.68. The monoisotopic (exact) mass is 266 g/mol. The number of carbonyl (C=O) groups excluding carboxylic acids is 1. The number of carbonyl (C=O) groups is 1. The summed E-state index contributed by atoms with van der Waals surface area (Å²) in [5, 5.41) is 0. The molecule has 1 aromatic rings. The first-order valence-corrected chi connectivity index (χ1v) is 7.63. The Balaban J connectivity index is 2.60. The maximum Gasteiger partial charge on any atom is 0.176 e. The summed E-state index contributed by atoms with van der Waals surface area (Å²) in [5.74, 6) is 3.05. The summed E-state index contributed by atoms with van der Waals surface area (Å²) in [7, 11) is 0. The fourth-order valence-electron chi connectivity index (χ4n) is 1.50. The van der Waals surface area contributed by atoms with Gasteiger partial charge in [0.15, 0.2) is 5.78 Å². The predicted molar refractivity (Wildman–Crippen MR) is 78.7 cm³/mol. The second-order valence-corrected chi connectivity index (χ2v) is 5.71. The van der Waals surface area contributed by atoms with Crippen molar-refractivity contribution < 1.29 is 9.53 Å². The third-order valence-corrected chi connectivity index (χ3v) is 3.70. The summed E-state index contributed by atoms with van der Waals surface area (Å²) in [6.07, 6.45) is 0.949. The number of benzene rings is 1. The Morgan fingerprint density at radius 3 is 2.72 bits per heavy atom. The Labute approximate surface area is 114 Å². The smallest absolute Gasteiger partial charge is 0.176 e. The van der Waals surface area contributed by atoms with E-state index in [2.05, 4.69) is 20.8 Å². The highest BCUT2D eigenvalue weighted by Gasteiger charge is 2.12. The molecule has 1 aromatic carbocycles. The van der Waals surface area contributed by atoms with Crippen LogP contribution < -0.4 is 4.74 Å². The van der Waals surface area contributed by atoms with Crippen LogP contribution in [-0.2, 0) is 0 Å². The first-order chi connectivity index (χ1) is 8.65. The molecule has 0 saturated carbocycles. The van der Waals surface area contributed by atoms with Crippen molar-refractivity contribution in [1.82, 2.24) is 0 Å². The van der Waals surface area contributed by atoms with Gasteiger partial charge in [0.25, 0.3) is 0 Å². The van der Waals surface area contributed by atoms with E-state index in [1.807, 2.05) is 24.3 Å². The lowest BCUT2D eigenvalue weighted by molar-refractivity contribution is 0.101. The maximum absolute atomic E-state index is 12.1. The largest absolute Gasteiger partial charge is 0.493 e. The summed E-state index contributed by atoms with van der Waals surface area (Å²) in [5.41, 5.74) is 0.710. The van der Waals surface area contributed by atoms with E-state index in [9.17, 15) is 4.79 Å². The summed E-state index contributed by atoms with van der Waals surface area (Å²) in [6.45, 7) is 7.04. The number of thioether (sulfide) groups is 1. The fraction of sp³-hybridized carbons (Fsp3) is 0.533. The Kier molecular flexibility index (Phi) is 6.88. The molecule has 0 radical (unpaired) electrons. The van der Waals surface area contributed by atoms with E-state index in [1.54, 1.807) is 11.8 Å². The molecule has 0 heterocycles. The van der Waals surface area contributed by atoms with E-state index in [0.717, 1.165) is 17.9 Å². The maximum atomic E-state index is 12.1. The zero-order valence-electron chi connectivity index (χ0n) is 11.4. The van der Waals surface area contributed by atoms with Crippen molar-refractivity contribution >= 4 is 17.5 Å². The van der Waals surface area contributed by atoms with E-state index in [4.69, 9.17) is 4.74 Å². The van der Waals surface area contributed by atoms with Crippen molar-refractivity contribution in [2.75, 3.05) is 18.1 Å². The van der Waals surface area contributed by atoms with Crippen molar-refractivity contribution in [3.8, 4) is 5.75 Å². The highest BCUT2D eigenvalue weighted by Crippen LogP contribution is 2.21. The molecule has 0 fully saturated rings. The number of hydrogen-bond donors (Lipinski definition) is 0. The van der Waals surface area contributed by atoms with Crippen LogP contribution in [0.15, 0.2) is 24.3 Å². The third-order valence-electron chi connectivity index (χ3n) is 2.33. The summed E-state index contributed by atoms with van der Waals surface area (Å²) < 4.78 is 5.60. The fourth-order valence-corrected chi connectivity index (χ4v) is 2.43. The Morgan fingerprint density at radius 2 is 2.06 bits per heavy atom. The van der Waals surface area contributed by atoms with Crippen LogP contribution in [-0.4, -0.2) is 23.9 Å². The lowest BCUT2D eigenvalue weighted by atomic mass is 10.1. The summed E-state index contributed by atoms with van der Waals surface area (Å²) >= 11 is 1.69. The minimum atomic E-state index is 0.160. The highest BCUT2D eigenvalue weighted by atomic mass is 32.2. The lowest BCUT2D eigenvalue weighted by Crippen LogP contribution is -2.08. The molecular weight excluding hydrogens is 244 g/mol. The predicted octanol–water partition coefficient (Wildman–Crippen LogP) is 4.05. The van der Waals surface area contributed by atoms with Gasteiger partial charge in [0.05, 0.1) is 17.9 Å². The Hall–Kier alpha value is -0.960. The van der Waals surface area contributed by atoms with Crippen LogP contribution >= 0.6 is 11.8 Å². The molecule has 0 atom stereocenters. The zero-order valence-corrected chi connectivity index (χ0v) is 12.3. The van der Waals surface area contributed by atoms with E-state index in [1.165, 1.54) is 0 Å². The molecule has 0 spiro atoms. The van der Waals surface area contributed by atoms with Crippen LogP contribution in [0.2, 0.25) is 0 Å². The molecule has 0 aliphatic rings. The van der Waals surface area contributed by atoms with Gasteiger partial charge in [-0.2, -0.15) is 11.8 Å². The molecule has 2 nitrogen and oxygen atoms in total. The van der Waals surface area contributed by atoms with Gasteiger partial charge >= 0.3 is 0 Å². The zero-order chi connectivity index (χ0) is 13.4. The number of rotatable bonds is 8. The molecular formula is C15H22O2S. The molecule has 1 rings (SSSR count). The topological polar surface area (TPSA) is 26.3 Å². The van der Waals surface area contributed by atoms with Gasteiger partial charge in [-0.05, 0) is 30.2 Å². The average Bonchev–Trinajstić information content (AvgIpc) is 2.36. The molecule has 0 aliphatic heterocycles. The van der Waals surface area contributed by atoms with E-state index >= 15 is 0 Å². The van der Waals surface area contributed by atoms with Gasteiger partial charge in [0.1, 0.15) is 5.75 Å². The number of para-hydroxylation sites is 1. The number of Topliss-reactive ketones (excluding diaryl/α,β-unsaturated/α-hetero) is 1. The molecule has 0 aliphatic carbocycles. The molecule has 0 aromatic heterocycles. The Bertz CT molecular complexity index is 375. The molecule has 0 saturated heterocycles. The van der Waals surface area contributed by atoms with Crippen molar-refractivity contribution in [3.05, 3.63) is 29.8 Å². The summed E-state index contributed by atoms with van der Waals surface area (Å²) in [4.78, 5) is 12.1. The van der Waals surface area contributed by atoms with Crippen molar-refractivity contribution in [3.63, 3.8) is 0 Å². The van der Waals surface area contributed by atoms with Gasteiger partial charge in [0, 0.05) is 0 Å². The molecule has 0 bridgehead atoms. The molecule has 0 unspecified atom stereocenters. The van der Waals surface area contributed by atoms with E-state index in [-0.39, 0.29) is 5.78 Å². The van der Waals surface area contributed by atoms with Crippen LogP contribution in [0.5, 0.6) is 5.75 Å². The second kappa shape index (κ2) is 8.20. The average molecular weight is 266 g/mol. The van der Waals surface area contributed by atoms with Crippen LogP contribution in [0.4, 0.5) is 0 Å². The van der Waals surface area contributed by atoms with Gasteiger partial charge in [0.2, 0.25) is 0 Å². The number of ether oxygens (including phenoxy) is 1.